The molecule has 34 heavy (non-hydrogen) atoms. The first kappa shape index (κ1) is 26.6. The Kier molecular flexibility index (Phi) is 9.46. The van der Waals surface area contributed by atoms with Gasteiger partial charge in [0.2, 0.25) is 0 Å². The topological polar surface area (TPSA) is 75.7 Å². The van der Waals surface area contributed by atoms with Gasteiger partial charge >= 0.3 is 29.6 Å². The smallest absolute Gasteiger partial charge is 0.549 e. The third-order valence-electron chi connectivity index (χ3n) is 5.55. The number of rotatable bonds is 8. The number of aryl methyl sites for hydroxylation is 1. The zero-order valence-corrected chi connectivity index (χ0v) is 22.2. The molecule has 0 aromatic heterocycles. The Morgan fingerprint density at radius 3 is 2.53 bits per heavy atom. The van der Waals surface area contributed by atoms with E-state index in [1.54, 1.807) is 36.4 Å². The largest absolute Gasteiger partial charge is 1.00 e. The maximum absolute atomic E-state index is 12.5. The second-order valence-electron chi connectivity index (χ2n) is 7.86. The fourth-order valence-electron chi connectivity index (χ4n) is 3.84. The SMILES string of the molecule is O=C(CCCc1cccc(Cl)c1)c1ccc(Oc2cc3c(cc2Cl)C(C(=O)[O-])CCO3)cc1.[Na+]. The molecule has 0 saturated carbocycles. The van der Waals surface area contributed by atoms with E-state index in [9.17, 15) is 14.7 Å². The molecule has 0 radical (unpaired) electrons. The standard InChI is InChI=1S/C26H22Cl2O5.Na/c27-18-5-1-3-16(13-18)4-2-6-23(29)17-7-9-19(10-8-17)33-25-15-24-21(14-22(25)28)20(26(30)31)11-12-32-24;/h1,3,5,7-10,13-15,20H,2,4,6,11-12H2,(H,30,31);/q;+1/p-1. The van der Waals surface area contributed by atoms with Crippen LogP contribution in [0, 0.1) is 0 Å². The van der Waals surface area contributed by atoms with Crippen LogP contribution in [0.4, 0.5) is 0 Å². The number of hydrogen-bond donors (Lipinski definition) is 0. The zero-order valence-electron chi connectivity index (χ0n) is 18.7. The van der Waals surface area contributed by atoms with E-state index in [-0.39, 0.29) is 47.0 Å². The van der Waals surface area contributed by atoms with Gasteiger partial charge in [-0.25, -0.2) is 0 Å². The summed E-state index contributed by atoms with van der Waals surface area (Å²) in [5, 5.41) is 12.3. The second kappa shape index (κ2) is 12.1. The van der Waals surface area contributed by atoms with Gasteiger partial charge in [-0.2, -0.15) is 0 Å². The summed E-state index contributed by atoms with van der Waals surface area (Å²) in [4.78, 5) is 23.9. The van der Waals surface area contributed by atoms with Gasteiger partial charge in [0, 0.05) is 40.5 Å². The molecule has 0 N–H and O–H groups in total. The van der Waals surface area contributed by atoms with Crippen LogP contribution in [0.2, 0.25) is 10.0 Å². The minimum Gasteiger partial charge on any atom is -0.549 e. The Balaban J connectivity index is 0.00000324. The Bertz CT molecular complexity index is 1180. The summed E-state index contributed by atoms with van der Waals surface area (Å²) in [5.74, 6) is -0.602. The summed E-state index contributed by atoms with van der Waals surface area (Å²) in [6.45, 7) is 0.279. The van der Waals surface area contributed by atoms with Crippen LogP contribution in [0.15, 0.2) is 60.7 Å². The minimum absolute atomic E-state index is 0. The first-order valence-corrected chi connectivity index (χ1v) is 11.4. The quantitative estimate of drug-likeness (QED) is 0.346. The van der Waals surface area contributed by atoms with E-state index in [1.807, 2.05) is 24.3 Å². The number of carboxylic acid groups (broad SMARTS) is 1. The summed E-state index contributed by atoms with van der Waals surface area (Å²) < 4.78 is 11.4. The molecule has 8 heteroatoms. The van der Waals surface area contributed by atoms with Crippen LogP contribution in [-0.4, -0.2) is 18.4 Å². The summed E-state index contributed by atoms with van der Waals surface area (Å²) in [6.07, 6.45) is 2.28. The van der Waals surface area contributed by atoms with Crippen molar-refractivity contribution in [3.05, 3.63) is 87.4 Å². The van der Waals surface area contributed by atoms with E-state index in [1.165, 1.54) is 0 Å². The summed E-state index contributed by atoms with van der Waals surface area (Å²) >= 11 is 12.3. The second-order valence-corrected chi connectivity index (χ2v) is 8.71. The van der Waals surface area contributed by atoms with Gasteiger partial charge in [0.15, 0.2) is 5.78 Å². The molecule has 0 amide bonds. The molecular formula is C26H21Cl2NaO5. The molecule has 4 rings (SSSR count). The number of hydrogen-bond acceptors (Lipinski definition) is 5. The van der Waals surface area contributed by atoms with Crippen molar-refractivity contribution in [2.45, 2.75) is 31.6 Å². The molecule has 3 aromatic carbocycles. The van der Waals surface area contributed by atoms with Crippen molar-refractivity contribution in [2.24, 2.45) is 0 Å². The molecule has 1 aliphatic heterocycles. The predicted octanol–water partition coefficient (Wildman–Crippen LogP) is 2.61. The number of halogens is 2. The number of Topliss-reactive ketones (excluding diaryl/α,β-unsaturated/α-hetero) is 1. The van der Waals surface area contributed by atoms with E-state index >= 15 is 0 Å². The van der Waals surface area contributed by atoms with Crippen molar-refractivity contribution >= 4 is 35.0 Å². The molecule has 1 aliphatic rings. The molecule has 1 unspecified atom stereocenters. The van der Waals surface area contributed by atoms with Crippen LogP contribution in [0.1, 0.15) is 46.7 Å². The average Bonchev–Trinajstić information content (AvgIpc) is 2.79. The van der Waals surface area contributed by atoms with E-state index in [4.69, 9.17) is 32.7 Å². The third-order valence-corrected chi connectivity index (χ3v) is 6.08. The molecule has 0 spiro atoms. The van der Waals surface area contributed by atoms with Crippen molar-refractivity contribution in [3.8, 4) is 17.2 Å². The predicted molar refractivity (Wildman–Crippen MR) is 125 cm³/mol. The van der Waals surface area contributed by atoms with Gasteiger partial charge in [-0.15, -0.1) is 0 Å². The van der Waals surface area contributed by atoms with Gasteiger partial charge in [0.25, 0.3) is 0 Å². The summed E-state index contributed by atoms with van der Waals surface area (Å²) in [6, 6.07) is 17.6. The molecule has 1 heterocycles. The number of benzene rings is 3. The Labute approximate surface area is 230 Å². The van der Waals surface area contributed by atoms with Crippen LogP contribution < -0.4 is 44.1 Å². The molecule has 0 saturated heterocycles. The van der Waals surface area contributed by atoms with E-state index in [0.717, 1.165) is 18.4 Å². The number of carbonyl (C=O) groups excluding carboxylic acids is 2. The zero-order chi connectivity index (χ0) is 23.4. The van der Waals surface area contributed by atoms with Crippen LogP contribution in [0.3, 0.4) is 0 Å². The van der Waals surface area contributed by atoms with Gasteiger partial charge in [0.05, 0.1) is 11.6 Å². The summed E-state index contributed by atoms with van der Waals surface area (Å²) in [5.41, 5.74) is 2.19. The first-order chi connectivity index (χ1) is 15.9. The fourth-order valence-corrected chi connectivity index (χ4v) is 4.26. The van der Waals surface area contributed by atoms with E-state index < -0.39 is 11.9 Å². The van der Waals surface area contributed by atoms with Crippen molar-refractivity contribution < 1.29 is 53.7 Å². The number of carboxylic acids is 1. The fraction of sp³-hybridized carbons (Fsp3) is 0.231. The van der Waals surface area contributed by atoms with Crippen LogP contribution in [0.25, 0.3) is 0 Å². The maximum Gasteiger partial charge on any atom is 1.00 e. The number of aliphatic carboxylic acids is 1. The Morgan fingerprint density at radius 1 is 1.06 bits per heavy atom. The number of ether oxygens (including phenoxy) is 2. The molecule has 170 valence electrons. The number of ketones is 1. The number of fused-ring (bicyclic) bond motifs is 1. The van der Waals surface area contributed by atoms with Gasteiger partial charge in [-0.3, -0.25) is 4.79 Å². The van der Waals surface area contributed by atoms with Crippen LogP contribution >= 0.6 is 23.2 Å². The third kappa shape index (κ3) is 6.55. The Hall–Kier alpha value is -2.02. The van der Waals surface area contributed by atoms with E-state index in [2.05, 4.69) is 0 Å². The van der Waals surface area contributed by atoms with Gasteiger partial charge in [0.1, 0.15) is 17.2 Å². The molecule has 1 atom stereocenters. The summed E-state index contributed by atoms with van der Waals surface area (Å²) in [7, 11) is 0. The molecule has 0 aliphatic carbocycles. The van der Waals surface area contributed by atoms with Gasteiger partial charge in [-0.05, 0) is 67.3 Å². The normalized spacial score (nSPS) is 14.4. The molecule has 0 fully saturated rings. The minimum atomic E-state index is -1.16. The molecule has 0 bridgehead atoms. The van der Waals surface area contributed by atoms with Crippen molar-refractivity contribution in [3.63, 3.8) is 0 Å². The van der Waals surface area contributed by atoms with E-state index in [0.29, 0.717) is 46.2 Å². The monoisotopic (exact) mass is 506 g/mol. The van der Waals surface area contributed by atoms with Gasteiger partial charge < -0.3 is 19.4 Å². The van der Waals surface area contributed by atoms with Crippen molar-refractivity contribution in [2.75, 3.05) is 6.61 Å². The molecule has 3 aromatic rings. The number of carbonyl (C=O) groups is 2. The van der Waals surface area contributed by atoms with Crippen molar-refractivity contribution in [1.82, 2.24) is 0 Å². The molecular weight excluding hydrogens is 486 g/mol. The van der Waals surface area contributed by atoms with Crippen molar-refractivity contribution in [1.29, 1.82) is 0 Å². The first-order valence-electron chi connectivity index (χ1n) is 10.6. The molecule has 5 nitrogen and oxygen atoms in total. The van der Waals surface area contributed by atoms with Crippen LogP contribution in [0.5, 0.6) is 17.2 Å². The van der Waals surface area contributed by atoms with Crippen LogP contribution in [-0.2, 0) is 11.2 Å². The Morgan fingerprint density at radius 2 is 1.82 bits per heavy atom. The van der Waals surface area contributed by atoms with Gasteiger partial charge in [-0.1, -0.05) is 35.3 Å². The average molecular weight is 507 g/mol. The maximum atomic E-state index is 12.5.